The predicted octanol–water partition coefficient (Wildman–Crippen LogP) is 0.904. The standard InChI is InChI=1S/C14H19NO4S/c1-9-4-5-11(6-10(9)2)12-7-20(17,18)8-13(15-12)14(16)19-3/h4-6,12-13,15H,7-8H2,1-3H3. The fraction of sp³-hybridized carbons (Fsp3) is 0.500. The van der Waals surface area contributed by atoms with Crippen molar-refractivity contribution in [2.45, 2.75) is 25.9 Å². The second-order valence-corrected chi connectivity index (χ2v) is 7.37. The molecule has 0 aromatic heterocycles. The largest absolute Gasteiger partial charge is 0.468 e. The van der Waals surface area contributed by atoms with Crippen LogP contribution in [0.15, 0.2) is 18.2 Å². The molecule has 1 aromatic carbocycles. The maximum absolute atomic E-state index is 12.0. The number of hydrogen-bond acceptors (Lipinski definition) is 5. The molecule has 1 aromatic rings. The highest BCUT2D eigenvalue weighted by molar-refractivity contribution is 7.91. The van der Waals surface area contributed by atoms with Crippen LogP contribution in [0.25, 0.3) is 0 Å². The molecule has 1 saturated heterocycles. The van der Waals surface area contributed by atoms with Gasteiger partial charge in [0.1, 0.15) is 6.04 Å². The first-order valence-corrected chi connectivity index (χ1v) is 8.26. The van der Waals surface area contributed by atoms with Crippen molar-refractivity contribution < 1.29 is 17.9 Å². The zero-order chi connectivity index (χ0) is 14.9. The van der Waals surface area contributed by atoms with Gasteiger partial charge in [0.15, 0.2) is 9.84 Å². The molecule has 0 aliphatic carbocycles. The van der Waals surface area contributed by atoms with Gasteiger partial charge in [-0.05, 0) is 30.5 Å². The average Bonchev–Trinajstić information content (AvgIpc) is 2.39. The van der Waals surface area contributed by atoms with Crippen LogP contribution in [0.2, 0.25) is 0 Å². The lowest BCUT2D eigenvalue weighted by molar-refractivity contribution is -0.142. The number of carbonyl (C=O) groups is 1. The number of ether oxygens (including phenoxy) is 1. The molecule has 1 aliphatic rings. The van der Waals surface area contributed by atoms with Crippen molar-refractivity contribution in [3.05, 3.63) is 34.9 Å². The number of esters is 1. The Morgan fingerprint density at radius 3 is 2.55 bits per heavy atom. The summed E-state index contributed by atoms with van der Waals surface area (Å²) < 4.78 is 28.6. The van der Waals surface area contributed by atoms with Gasteiger partial charge in [0.2, 0.25) is 0 Å². The third kappa shape index (κ3) is 3.19. The molecule has 1 N–H and O–H groups in total. The molecule has 2 rings (SSSR count). The topological polar surface area (TPSA) is 72.5 Å². The minimum absolute atomic E-state index is 0.00297. The van der Waals surface area contributed by atoms with E-state index in [1.165, 1.54) is 7.11 Å². The third-order valence-corrected chi connectivity index (χ3v) is 5.35. The molecule has 0 amide bonds. The van der Waals surface area contributed by atoms with Crippen LogP contribution in [0, 0.1) is 13.8 Å². The molecular weight excluding hydrogens is 278 g/mol. The fourth-order valence-electron chi connectivity index (χ4n) is 2.37. The zero-order valence-electron chi connectivity index (χ0n) is 11.8. The van der Waals surface area contributed by atoms with E-state index < -0.39 is 21.8 Å². The molecule has 1 fully saturated rings. The number of hydrogen-bond donors (Lipinski definition) is 1. The number of carbonyl (C=O) groups excluding carboxylic acids is 1. The van der Waals surface area contributed by atoms with E-state index in [0.717, 1.165) is 16.7 Å². The van der Waals surface area contributed by atoms with Crippen LogP contribution in [0.4, 0.5) is 0 Å². The number of benzene rings is 1. The van der Waals surface area contributed by atoms with Crippen LogP contribution in [0.3, 0.4) is 0 Å². The normalized spacial score (nSPS) is 25.1. The number of rotatable bonds is 2. The van der Waals surface area contributed by atoms with Gasteiger partial charge in [-0.3, -0.25) is 10.1 Å². The lowest BCUT2D eigenvalue weighted by Crippen LogP contribution is -2.51. The molecule has 1 heterocycles. The monoisotopic (exact) mass is 297 g/mol. The Morgan fingerprint density at radius 2 is 1.95 bits per heavy atom. The molecule has 0 saturated carbocycles. The molecule has 110 valence electrons. The Morgan fingerprint density at radius 1 is 1.25 bits per heavy atom. The minimum atomic E-state index is -3.27. The molecule has 6 heteroatoms. The van der Waals surface area contributed by atoms with Gasteiger partial charge in [0, 0.05) is 6.04 Å². The Balaban J connectivity index is 2.30. The van der Waals surface area contributed by atoms with Gasteiger partial charge < -0.3 is 4.74 Å². The lowest BCUT2D eigenvalue weighted by Gasteiger charge is -2.29. The average molecular weight is 297 g/mol. The first-order chi connectivity index (χ1) is 9.32. The summed E-state index contributed by atoms with van der Waals surface area (Å²) in [5.74, 6) is -0.744. The van der Waals surface area contributed by atoms with Gasteiger partial charge in [0.25, 0.3) is 0 Å². The first-order valence-electron chi connectivity index (χ1n) is 6.44. The highest BCUT2D eigenvalue weighted by atomic mass is 32.2. The summed E-state index contributed by atoms with van der Waals surface area (Å²) in [6.07, 6.45) is 0. The van der Waals surface area contributed by atoms with Crippen LogP contribution >= 0.6 is 0 Å². The van der Waals surface area contributed by atoms with E-state index in [2.05, 4.69) is 10.1 Å². The summed E-state index contributed by atoms with van der Waals surface area (Å²) in [6, 6.07) is 4.64. The zero-order valence-corrected chi connectivity index (χ0v) is 12.7. The van der Waals surface area contributed by atoms with E-state index >= 15 is 0 Å². The summed E-state index contributed by atoms with van der Waals surface area (Å²) in [4.78, 5) is 11.6. The quantitative estimate of drug-likeness (QED) is 0.821. The number of sulfone groups is 1. The Labute approximate surface area is 119 Å². The highest BCUT2D eigenvalue weighted by Crippen LogP contribution is 2.23. The van der Waals surface area contributed by atoms with Crippen molar-refractivity contribution in [3.63, 3.8) is 0 Å². The summed E-state index contributed by atoms with van der Waals surface area (Å²) >= 11 is 0. The maximum Gasteiger partial charge on any atom is 0.323 e. The van der Waals surface area contributed by atoms with Gasteiger partial charge in [-0.15, -0.1) is 0 Å². The summed E-state index contributed by atoms with van der Waals surface area (Å²) in [7, 11) is -2.01. The van der Waals surface area contributed by atoms with Crippen LogP contribution in [0.5, 0.6) is 0 Å². The molecule has 20 heavy (non-hydrogen) atoms. The summed E-state index contributed by atoms with van der Waals surface area (Å²) in [5, 5.41) is 3.07. The van der Waals surface area contributed by atoms with Gasteiger partial charge >= 0.3 is 5.97 Å². The van der Waals surface area contributed by atoms with E-state index in [-0.39, 0.29) is 17.5 Å². The van der Waals surface area contributed by atoms with E-state index in [4.69, 9.17) is 0 Å². The van der Waals surface area contributed by atoms with Gasteiger partial charge in [-0.1, -0.05) is 18.2 Å². The van der Waals surface area contributed by atoms with Crippen LogP contribution in [0.1, 0.15) is 22.7 Å². The molecule has 0 bridgehead atoms. The third-order valence-electron chi connectivity index (χ3n) is 3.66. The van der Waals surface area contributed by atoms with Crippen molar-refractivity contribution in [1.29, 1.82) is 0 Å². The molecule has 2 atom stereocenters. The van der Waals surface area contributed by atoms with Gasteiger partial charge in [-0.25, -0.2) is 8.42 Å². The summed E-state index contributed by atoms with van der Waals surface area (Å²) in [5.41, 5.74) is 3.13. The Bertz CT molecular complexity index is 624. The Hall–Kier alpha value is -1.40. The number of aryl methyl sites for hydroxylation is 2. The molecule has 5 nitrogen and oxygen atoms in total. The fourth-order valence-corrected chi connectivity index (χ4v) is 4.04. The maximum atomic E-state index is 12.0. The van der Waals surface area contributed by atoms with Crippen LogP contribution in [-0.4, -0.2) is 39.0 Å². The highest BCUT2D eigenvalue weighted by Gasteiger charge is 2.36. The lowest BCUT2D eigenvalue weighted by atomic mass is 10.0. The minimum Gasteiger partial charge on any atom is -0.468 e. The first kappa shape index (κ1) is 15.0. The van der Waals surface area contributed by atoms with Crippen LogP contribution in [-0.2, 0) is 19.4 Å². The van der Waals surface area contributed by atoms with Crippen molar-refractivity contribution >= 4 is 15.8 Å². The molecule has 0 spiro atoms. The van der Waals surface area contributed by atoms with E-state index in [0.29, 0.717) is 0 Å². The van der Waals surface area contributed by atoms with Gasteiger partial charge in [-0.2, -0.15) is 0 Å². The number of methoxy groups -OCH3 is 1. The second-order valence-electron chi connectivity index (χ2n) is 5.22. The van der Waals surface area contributed by atoms with Crippen LogP contribution < -0.4 is 5.32 Å². The van der Waals surface area contributed by atoms with Crippen molar-refractivity contribution in [1.82, 2.24) is 5.32 Å². The molecule has 2 unspecified atom stereocenters. The summed E-state index contributed by atoms with van der Waals surface area (Å²) in [6.45, 7) is 3.98. The SMILES string of the molecule is COC(=O)C1CS(=O)(=O)CC(c2ccc(C)c(C)c2)N1. The van der Waals surface area contributed by atoms with E-state index in [9.17, 15) is 13.2 Å². The smallest absolute Gasteiger partial charge is 0.323 e. The number of nitrogens with one attached hydrogen (secondary N) is 1. The molecule has 1 aliphatic heterocycles. The second kappa shape index (κ2) is 5.54. The van der Waals surface area contributed by atoms with Crippen molar-refractivity contribution in [3.8, 4) is 0 Å². The van der Waals surface area contributed by atoms with Crippen molar-refractivity contribution in [2.75, 3.05) is 18.6 Å². The van der Waals surface area contributed by atoms with E-state index in [1.54, 1.807) is 0 Å². The molecule has 0 radical (unpaired) electrons. The van der Waals surface area contributed by atoms with Crippen molar-refractivity contribution in [2.24, 2.45) is 0 Å². The van der Waals surface area contributed by atoms with Gasteiger partial charge in [0.05, 0.1) is 18.6 Å². The Kier molecular flexibility index (Phi) is 4.15. The molecular formula is C14H19NO4S. The predicted molar refractivity (Wildman–Crippen MR) is 76.3 cm³/mol. The van der Waals surface area contributed by atoms with E-state index in [1.807, 2.05) is 32.0 Å².